The number of benzene rings is 2. The molecule has 7 nitrogen and oxygen atoms in total. The molecule has 2 fully saturated rings. The minimum absolute atomic E-state index is 0.0304. The highest BCUT2D eigenvalue weighted by Gasteiger charge is 2.58. The van der Waals surface area contributed by atoms with Gasteiger partial charge in [-0.25, -0.2) is 4.79 Å². The van der Waals surface area contributed by atoms with Crippen LogP contribution in [0.5, 0.6) is 0 Å². The van der Waals surface area contributed by atoms with Crippen LogP contribution in [0, 0.1) is 11.8 Å². The van der Waals surface area contributed by atoms with Crippen molar-refractivity contribution in [2.45, 2.75) is 50.1 Å². The van der Waals surface area contributed by atoms with Crippen molar-refractivity contribution in [3.05, 3.63) is 58.1 Å². The van der Waals surface area contributed by atoms with Crippen LogP contribution in [-0.4, -0.2) is 57.5 Å². The van der Waals surface area contributed by atoms with E-state index in [4.69, 9.17) is 5.73 Å². The van der Waals surface area contributed by atoms with Crippen LogP contribution < -0.4 is 11.1 Å². The van der Waals surface area contributed by atoms with E-state index in [0.29, 0.717) is 19.0 Å². The van der Waals surface area contributed by atoms with E-state index in [2.05, 4.69) is 35.6 Å². The average molecular weight is 482 g/mol. The summed E-state index contributed by atoms with van der Waals surface area (Å²) in [4.78, 5) is 26.9. The number of hydrogen-bond acceptors (Lipinski definition) is 6. The molecule has 34 heavy (non-hydrogen) atoms. The number of carboxylic acid groups (broad SMARTS) is 1. The van der Waals surface area contributed by atoms with Crippen LogP contribution in [0.15, 0.2) is 47.0 Å². The van der Waals surface area contributed by atoms with Crippen molar-refractivity contribution >= 4 is 34.4 Å². The van der Waals surface area contributed by atoms with E-state index in [-0.39, 0.29) is 41.3 Å². The van der Waals surface area contributed by atoms with E-state index in [1.807, 2.05) is 13.0 Å². The van der Waals surface area contributed by atoms with Gasteiger partial charge < -0.3 is 26.2 Å². The Bertz CT molecular complexity index is 1170. The number of hydrogen-bond donors (Lipinski definition) is 4. The lowest BCUT2D eigenvalue weighted by atomic mass is 9.80. The lowest BCUT2D eigenvalue weighted by molar-refractivity contribution is -0.157. The van der Waals surface area contributed by atoms with Gasteiger partial charge in [0.15, 0.2) is 0 Å². The molecule has 180 valence electrons. The summed E-state index contributed by atoms with van der Waals surface area (Å²) in [7, 11) is 0. The fourth-order valence-corrected chi connectivity index (χ4v) is 7.47. The van der Waals surface area contributed by atoms with Gasteiger partial charge >= 0.3 is 5.97 Å². The Morgan fingerprint density at radius 2 is 1.91 bits per heavy atom. The lowest BCUT2D eigenvalue weighted by Gasteiger charge is -2.45. The monoisotopic (exact) mass is 481 g/mol. The third-order valence-corrected chi connectivity index (χ3v) is 9.09. The number of carboxylic acids is 1. The fourth-order valence-electron chi connectivity index (χ4n) is 5.95. The van der Waals surface area contributed by atoms with Crippen molar-refractivity contribution in [2.75, 3.05) is 13.2 Å². The smallest absolute Gasteiger partial charge is 0.353 e. The first-order chi connectivity index (χ1) is 16.4. The molecule has 2 aromatic rings. The fraction of sp³-hybridized carbons (Fsp3) is 0.462. The number of thioether (sulfide) groups is 1. The number of amides is 1. The van der Waals surface area contributed by atoms with Crippen molar-refractivity contribution in [1.82, 2.24) is 10.2 Å². The van der Waals surface area contributed by atoms with Gasteiger partial charge in [0.25, 0.3) is 0 Å². The molecular formula is C26H31N3O4S. The van der Waals surface area contributed by atoms with Gasteiger partial charge in [0, 0.05) is 41.8 Å². The van der Waals surface area contributed by atoms with Crippen LogP contribution in [0.4, 0.5) is 0 Å². The number of nitrogens with zero attached hydrogens (tertiary/aromatic N) is 1. The predicted molar refractivity (Wildman–Crippen MR) is 133 cm³/mol. The van der Waals surface area contributed by atoms with E-state index >= 15 is 0 Å². The highest BCUT2D eigenvalue weighted by molar-refractivity contribution is 8.03. The molecule has 3 aliphatic rings. The molecule has 2 aromatic carbocycles. The number of nitrogens with one attached hydrogen (secondary N) is 1. The molecule has 3 heterocycles. The third kappa shape index (κ3) is 3.82. The molecule has 5 N–H and O–H groups in total. The lowest BCUT2D eigenvalue weighted by Crippen LogP contribution is -2.60. The minimum Gasteiger partial charge on any atom is -0.477 e. The van der Waals surface area contributed by atoms with Crippen LogP contribution in [0.1, 0.15) is 30.9 Å². The second kappa shape index (κ2) is 9.34. The summed E-state index contributed by atoms with van der Waals surface area (Å²) in [5.41, 5.74) is 8.51. The average Bonchev–Trinajstić information content (AvgIpc) is 3.38. The normalized spacial score (nSPS) is 28.5. The van der Waals surface area contributed by atoms with E-state index in [9.17, 15) is 19.8 Å². The van der Waals surface area contributed by atoms with Crippen LogP contribution in [0.2, 0.25) is 0 Å². The van der Waals surface area contributed by atoms with Crippen molar-refractivity contribution in [3.63, 3.8) is 0 Å². The molecule has 8 heteroatoms. The Labute approximate surface area is 203 Å². The second-order valence-corrected chi connectivity index (χ2v) is 10.9. The Morgan fingerprint density at radius 1 is 1.21 bits per heavy atom. The molecule has 2 saturated heterocycles. The maximum absolute atomic E-state index is 12.6. The molecule has 1 amide bonds. The molecule has 5 rings (SSSR count). The first kappa shape index (κ1) is 23.4. The molecule has 0 radical (unpaired) electrons. The summed E-state index contributed by atoms with van der Waals surface area (Å²) >= 11 is 1.62. The number of nitrogens with two attached hydrogens (primary N) is 1. The number of aliphatic hydroxyl groups is 1. The minimum atomic E-state index is -1.04. The largest absolute Gasteiger partial charge is 0.477 e. The number of carbonyl (C=O) groups is 2. The van der Waals surface area contributed by atoms with Gasteiger partial charge in [0.05, 0.1) is 12.0 Å². The number of carbonyl (C=O) groups excluding carboxylic acids is 1. The van der Waals surface area contributed by atoms with Gasteiger partial charge in [-0.1, -0.05) is 43.3 Å². The summed E-state index contributed by atoms with van der Waals surface area (Å²) in [5, 5.41) is 25.5. The number of β-lactam (4-membered cyclic amide) rings is 1. The van der Waals surface area contributed by atoms with Gasteiger partial charge in [0.1, 0.15) is 5.70 Å². The summed E-state index contributed by atoms with van der Waals surface area (Å²) in [6.45, 7) is 3.27. The van der Waals surface area contributed by atoms with Gasteiger partial charge in [-0.05, 0) is 41.2 Å². The molecule has 5 atom stereocenters. The Morgan fingerprint density at radius 3 is 2.59 bits per heavy atom. The predicted octanol–water partition coefficient (Wildman–Crippen LogP) is 2.46. The summed E-state index contributed by atoms with van der Waals surface area (Å²) in [6, 6.07) is 12.8. The van der Waals surface area contributed by atoms with Crippen LogP contribution in [0.25, 0.3) is 10.8 Å². The molecule has 0 bridgehead atoms. The van der Waals surface area contributed by atoms with Crippen molar-refractivity contribution in [3.8, 4) is 0 Å². The molecule has 0 spiro atoms. The standard InChI is InChI=1S/C26H31N3O4S/c1-14-22-21(8-9-30)25(31)29(22)23(26(32)33)24(14)34-18-11-17(28-13-18)10-15-6-7-16(12-27)20-5-3-2-4-19(15)20/h2-7,14,17-18,21-22,28,30H,8-13,27H2,1H3,(H,32,33)/t14-,17+,18+,21+,22-/m1/s1. The van der Waals surface area contributed by atoms with Crippen molar-refractivity contribution in [2.24, 2.45) is 17.6 Å². The highest BCUT2D eigenvalue weighted by Crippen LogP contribution is 2.51. The van der Waals surface area contributed by atoms with E-state index < -0.39 is 5.97 Å². The molecular weight excluding hydrogens is 450 g/mol. The maximum Gasteiger partial charge on any atom is 0.353 e. The Kier molecular flexibility index (Phi) is 6.41. The number of rotatable bonds is 8. The summed E-state index contributed by atoms with van der Waals surface area (Å²) < 4.78 is 0. The first-order valence-electron chi connectivity index (χ1n) is 12.0. The zero-order chi connectivity index (χ0) is 24.0. The zero-order valence-corrected chi connectivity index (χ0v) is 20.1. The van der Waals surface area contributed by atoms with Crippen molar-refractivity contribution in [1.29, 1.82) is 0 Å². The van der Waals surface area contributed by atoms with E-state index in [0.717, 1.165) is 29.9 Å². The molecule has 0 aromatic heterocycles. The Hall–Kier alpha value is -2.39. The van der Waals surface area contributed by atoms with Crippen molar-refractivity contribution < 1.29 is 19.8 Å². The number of aliphatic hydroxyl groups excluding tert-OH is 1. The Balaban J connectivity index is 1.30. The summed E-state index contributed by atoms with van der Waals surface area (Å²) in [6.07, 6.45) is 2.22. The van der Waals surface area contributed by atoms with E-state index in [1.54, 1.807) is 11.8 Å². The van der Waals surface area contributed by atoms with Gasteiger partial charge in [0.2, 0.25) is 5.91 Å². The van der Waals surface area contributed by atoms with E-state index in [1.165, 1.54) is 21.2 Å². The number of aliphatic carboxylic acids is 1. The van der Waals surface area contributed by atoms with Crippen LogP contribution in [-0.2, 0) is 22.6 Å². The second-order valence-electron chi connectivity index (χ2n) is 9.54. The van der Waals surface area contributed by atoms with Crippen LogP contribution >= 0.6 is 11.8 Å². The van der Waals surface area contributed by atoms with Gasteiger partial charge in [-0.3, -0.25) is 4.79 Å². The SMILES string of the molecule is C[C@H]1C(S[C@@H]2CN[C@@H](Cc3ccc(CN)c4ccccc34)C2)=C(C(=O)O)N2C(=O)[C@@H](CCO)[C@@H]12. The topological polar surface area (TPSA) is 116 Å². The zero-order valence-electron chi connectivity index (χ0n) is 19.2. The van der Waals surface area contributed by atoms with Gasteiger partial charge in [-0.2, -0.15) is 0 Å². The molecule has 0 aliphatic carbocycles. The maximum atomic E-state index is 12.6. The third-order valence-electron chi connectivity index (χ3n) is 7.57. The first-order valence-corrected chi connectivity index (χ1v) is 12.8. The quantitative estimate of drug-likeness (QED) is 0.428. The molecule has 0 unspecified atom stereocenters. The highest BCUT2D eigenvalue weighted by atomic mass is 32.2. The number of fused-ring (bicyclic) bond motifs is 2. The summed E-state index contributed by atoms with van der Waals surface area (Å²) in [5.74, 6) is -1.53. The molecule has 0 saturated carbocycles. The van der Waals surface area contributed by atoms with Gasteiger partial charge in [-0.15, -0.1) is 11.8 Å². The molecule has 3 aliphatic heterocycles. The van der Waals surface area contributed by atoms with Crippen LogP contribution in [0.3, 0.4) is 0 Å².